The van der Waals surface area contributed by atoms with Crippen LogP contribution in [-0.2, 0) is 6.42 Å². The summed E-state index contributed by atoms with van der Waals surface area (Å²) in [6, 6.07) is 12.2. The first kappa shape index (κ1) is 17.7. The van der Waals surface area contributed by atoms with Gasteiger partial charge in [0, 0.05) is 17.6 Å². The maximum atomic E-state index is 13.7. The molecule has 0 aliphatic rings. The molecule has 2 N–H and O–H groups in total. The van der Waals surface area contributed by atoms with Crippen LogP contribution in [0, 0.1) is 5.82 Å². The molecule has 2 atom stereocenters. The molecule has 0 fully saturated rings. The van der Waals surface area contributed by atoms with E-state index in [2.05, 4.69) is 5.32 Å². The van der Waals surface area contributed by atoms with Gasteiger partial charge < -0.3 is 15.2 Å². The molecule has 23 heavy (non-hydrogen) atoms. The Morgan fingerprint density at radius 2 is 2.04 bits per heavy atom. The molecular formula is C18H21ClFNO2. The van der Waals surface area contributed by atoms with Crippen molar-refractivity contribution in [3.05, 3.63) is 64.4 Å². The van der Waals surface area contributed by atoms with Gasteiger partial charge in [-0.25, -0.2) is 4.39 Å². The molecular weight excluding hydrogens is 317 g/mol. The van der Waals surface area contributed by atoms with Crippen molar-refractivity contribution in [1.82, 2.24) is 5.32 Å². The van der Waals surface area contributed by atoms with Crippen molar-refractivity contribution in [3.8, 4) is 5.75 Å². The van der Waals surface area contributed by atoms with Gasteiger partial charge in [0.25, 0.3) is 0 Å². The molecule has 2 aromatic carbocycles. The zero-order valence-electron chi connectivity index (χ0n) is 13.2. The third kappa shape index (κ3) is 5.20. The number of halogens is 2. The Hall–Kier alpha value is -1.62. The third-order valence-corrected chi connectivity index (χ3v) is 3.89. The first-order valence-electron chi connectivity index (χ1n) is 7.49. The molecule has 2 rings (SSSR count). The summed E-state index contributed by atoms with van der Waals surface area (Å²) in [5.41, 5.74) is 1.65. The zero-order chi connectivity index (χ0) is 16.8. The molecule has 0 aromatic heterocycles. The number of aliphatic hydroxyl groups is 1. The fourth-order valence-electron chi connectivity index (χ4n) is 2.41. The first-order valence-corrected chi connectivity index (χ1v) is 7.86. The summed E-state index contributed by atoms with van der Waals surface area (Å²) in [4.78, 5) is 0. The van der Waals surface area contributed by atoms with Gasteiger partial charge in [-0.1, -0.05) is 29.8 Å². The van der Waals surface area contributed by atoms with Crippen LogP contribution < -0.4 is 10.1 Å². The minimum Gasteiger partial charge on any atom is -0.494 e. The molecule has 2 aromatic rings. The number of rotatable bonds is 7. The van der Waals surface area contributed by atoms with E-state index in [4.69, 9.17) is 16.3 Å². The second kappa shape index (κ2) is 8.29. The van der Waals surface area contributed by atoms with Crippen LogP contribution in [0.3, 0.4) is 0 Å². The molecule has 124 valence electrons. The van der Waals surface area contributed by atoms with Gasteiger partial charge in [0.15, 0.2) is 11.6 Å². The lowest BCUT2D eigenvalue weighted by molar-refractivity contribution is 0.170. The van der Waals surface area contributed by atoms with Crippen LogP contribution in [-0.4, -0.2) is 24.8 Å². The highest BCUT2D eigenvalue weighted by Crippen LogP contribution is 2.19. The summed E-state index contributed by atoms with van der Waals surface area (Å²) >= 11 is 5.92. The fraction of sp³-hybridized carbons (Fsp3) is 0.333. The van der Waals surface area contributed by atoms with Crippen molar-refractivity contribution in [3.63, 3.8) is 0 Å². The summed E-state index contributed by atoms with van der Waals surface area (Å²) in [6.45, 7) is 2.40. The number of aliphatic hydroxyl groups excluding tert-OH is 1. The third-order valence-electron chi connectivity index (χ3n) is 3.65. The minimum atomic E-state index is -0.635. The number of hydrogen-bond acceptors (Lipinski definition) is 3. The zero-order valence-corrected chi connectivity index (χ0v) is 14.0. The van der Waals surface area contributed by atoms with Crippen LogP contribution in [0.5, 0.6) is 5.75 Å². The van der Waals surface area contributed by atoms with Gasteiger partial charge in [-0.15, -0.1) is 0 Å². The molecule has 0 saturated carbocycles. The van der Waals surface area contributed by atoms with Crippen molar-refractivity contribution >= 4 is 11.6 Å². The van der Waals surface area contributed by atoms with E-state index in [0.29, 0.717) is 18.0 Å². The average Bonchev–Trinajstić information content (AvgIpc) is 2.53. The lowest BCUT2D eigenvalue weighted by atomic mass is 10.1. The lowest BCUT2D eigenvalue weighted by Gasteiger charge is -2.18. The summed E-state index contributed by atoms with van der Waals surface area (Å²) in [5.74, 6) is -0.123. The summed E-state index contributed by atoms with van der Waals surface area (Å²) in [7, 11) is 1.44. The van der Waals surface area contributed by atoms with Crippen molar-refractivity contribution in [1.29, 1.82) is 0 Å². The van der Waals surface area contributed by atoms with E-state index in [1.807, 2.05) is 25.1 Å². The monoisotopic (exact) mass is 337 g/mol. The largest absolute Gasteiger partial charge is 0.494 e. The Morgan fingerprint density at radius 3 is 2.70 bits per heavy atom. The van der Waals surface area contributed by atoms with Crippen LogP contribution >= 0.6 is 11.6 Å². The Bertz CT molecular complexity index is 651. The Balaban J connectivity index is 1.87. The highest BCUT2D eigenvalue weighted by molar-refractivity contribution is 6.30. The van der Waals surface area contributed by atoms with E-state index >= 15 is 0 Å². The summed E-state index contributed by atoms with van der Waals surface area (Å²) in [6.07, 6.45) is 0.0205. The Kier molecular flexibility index (Phi) is 6.39. The van der Waals surface area contributed by atoms with Gasteiger partial charge in [-0.05, 0) is 48.7 Å². The van der Waals surface area contributed by atoms with Crippen LogP contribution in [0.1, 0.15) is 24.2 Å². The standard InChI is InChI=1S/C18H21ClFNO2/c1-12(8-13-6-7-18(23-2)16(20)9-13)21-11-17(22)14-4-3-5-15(19)10-14/h3-7,9-10,12,17,21-22H,8,11H2,1-2H3/t12-,17-/m0/s1. The number of ether oxygens (including phenoxy) is 1. The Morgan fingerprint density at radius 1 is 1.26 bits per heavy atom. The van der Waals surface area contributed by atoms with Crippen LogP contribution in [0.15, 0.2) is 42.5 Å². The van der Waals surface area contributed by atoms with E-state index in [1.54, 1.807) is 18.2 Å². The van der Waals surface area contributed by atoms with Gasteiger partial charge in [0.2, 0.25) is 0 Å². The topological polar surface area (TPSA) is 41.5 Å². The van der Waals surface area contributed by atoms with E-state index < -0.39 is 6.10 Å². The maximum Gasteiger partial charge on any atom is 0.165 e. The molecule has 0 heterocycles. The quantitative estimate of drug-likeness (QED) is 0.808. The molecule has 3 nitrogen and oxygen atoms in total. The highest BCUT2D eigenvalue weighted by Gasteiger charge is 2.11. The second-order valence-electron chi connectivity index (χ2n) is 5.55. The van der Waals surface area contributed by atoms with Crippen LogP contribution in [0.25, 0.3) is 0 Å². The number of methoxy groups -OCH3 is 1. The summed E-state index contributed by atoms with van der Waals surface area (Å²) in [5, 5.41) is 14.0. The molecule has 0 bridgehead atoms. The molecule has 0 aliphatic heterocycles. The first-order chi connectivity index (χ1) is 11.0. The Labute approximate surface area is 141 Å². The van der Waals surface area contributed by atoms with Gasteiger partial charge >= 0.3 is 0 Å². The number of nitrogens with one attached hydrogen (secondary N) is 1. The van der Waals surface area contributed by atoms with Crippen molar-refractivity contribution in [2.45, 2.75) is 25.5 Å². The van der Waals surface area contributed by atoms with E-state index in [9.17, 15) is 9.50 Å². The average molecular weight is 338 g/mol. The fourth-order valence-corrected chi connectivity index (χ4v) is 2.61. The smallest absolute Gasteiger partial charge is 0.165 e. The molecule has 0 aliphatic carbocycles. The number of benzene rings is 2. The van der Waals surface area contributed by atoms with Crippen LogP contribution in [0.4, 0.5) is 4.39 Å². The SMILES string of the molecule is COc1ccc(C[C@H](C)NC[C@H](O)c2cccc(Cl)c2)cc1F. The predicted molar refractivity (Wildman–Crippen MR) is 90.5 cm³/mol. The van der Waals surface area contributed by atoms with Gasteiger partial charge in [0.1, 0.15) is 0 Å². The molecule has 0 amide bonds. The maximum absolute atomic E-state index is 13.7. The molecule has 0 spiro atoms. The van der Waals surface area contributed by atoms with Gasteiger partial charge in [-0.3, -0.25) is 0 Å². The van der Waals surface area contributed by atoms with Crippen molar-refractivity contribution < 1.29 is 14.2 Å². The molecule has 0 saturated heterocycles. The predicted octanol–water partition coefficient (Wildman–Crippen LogP) is 3.74. The van der Waals surface area contributed by atoms with Gasteiger partial charge in [-0.2, -0.15) is 0 Å². The lowest BCUT2D eigenvalue weighted by Crippen LogP contribution is -2.32. The van der Waals surface area contributed by atoms with Crippen molar-refractivity contribution in [2.75, 3.05) is 13.7 Å². The van der Waals surface area contributed by atoms with Gasteiger partial charge in [0.05, 0.1) is 13.2 Å². The normalized spacial score (nSPS) is 13.6. The van der Waals surface area contributed by atoms with E-state index in [0.717, 1.165) is 11.1 Å². The number of hydrogen-bond donors (Lipinski definition) is 2. The molecule has 5 heteroatoms. The van der Waals surface area contributed by atoms with Crippen LogP contribution in [0.2, 0.25) is 5.02 Å². The molecule has 0 radical (unpaired) electrons. The molecule has 0 unspecified atom stereocenters. The van der Waals surface area contributed by atoms with E-state index in [1.165, 1.54) is 13.2 Å². The summed E-state index contributed by atoms with van der Waals surface area (Å²) < 4.78 is 18.6. The van der Waals surface area contributed by atoms with Crippen molar-refractivity contribution in [2.24, 2.45) is 0 Å². The van der Waals surface area contributed by atoms with E-state index in [-0.39, 0.29) is 17.6 Å². The second-order valence-corrected chi connectivity index (χ2v) is 5.99. The highest BCUT2D eigenvalue weighted by atomic mass is 35.5. The minimum absolute atomic E-state index is 0.0941.